The maximum atomic E-state index is 8.58. The smallest absolute Gasteiger partial charge is 0.537 e. The first-order chi connectivity index (χ1) is 28.4. The maximum Gasteiger partial charge on any atom is 0.569 e. The zero-order chi connectivity index (χ0) is 39.3. The fraction of sp³-hybridized carbons (Fsp3) is 0. The summed E-state index contributed by atoms with van der Waals surface area (Å²) in [7, 11) is 0.670. The second kappa shape index (κ2) is 15.3. The molecule has 4 aromatic heterocycles. The Bertz CT molecular complexity index is 3430. The Kier molecular flexibility index (Phi) is 9.73. The van der Waals surface area contributed by atoms with Gasteiger partial charge in [-0.3, -0.25) is 0 Å². The van der Waals surface area contributed by atoms with Gasteiger partial charge in [-0.25, -0.2) is 0 Å². The summed E-state index contributed by atoms with van der Waals surface area (Å²) in [4.78, 5) is 0. The van der Waals surface area contributed by atoms with Crippen molar-refractivity contribution in [1.29, 1.82) is 0 Å². The number of halogens is 3. The van der Waals surface area contributed by atoms with Crippen LogP contribution in [0.25, 0.3) is 98.9 Å². The molecular formula is C48H27BBr2IO6. The molecule has 8 aromatic carbocycles. The van der Waals surface area contributed by atoms with Crippen molar-refractivity contribution in [3.63, 3.8) is 0 Å². The average molecular weight is 997 g/mol. The first-order valence-electron chi connectivity index (χ1n) is 18.2. The van der Waals surface area contributed by atoms with E-state index in [1.807, 2.05) is 84.9 Å². The van der Waals surface area contributed by atoms with E-state index in [9.17, 15) is 0 Å². The Balaban J connectivity index is 0.000000113. The number of hydrogen-bond acceptors (Lipinski definition) is 6. The van der Waals surface area contributed by atoms with Crippen molar-refractivity contribution in [2.24, 2.45) is 0 Å². The molecule has 0 spiro atoms. The highest BCUT2D eigenvalue weighted by atomic mass is 127. The van der Waals surface area contributed by atoms with E-state index in [1.165, 1.54) is 14.5 Å². The third-order valence-corrected chi connectivity index (χ3v) is 11.7. The predicted molar refractivity (Wildman–Crippen MR) is 251 cm³/mol. The number of hydrogen-bond donors (Lipinski definition) is 1. The summed E-state index contributed by atoms with van der Waals surface area (Å²) >= 11 is 9.35. The molecule has 279 valence electrons. The standard InChI is InChI=1S/C24H13BrO2.C12H8BO3.C12H6BrIO/c25-16-7-10-24-20(13-16)19-12-15(6-9-23(19)27-24)14-5-8-22-18(11-14)17-3-1-2-4-21(17)26-22;14-13-16-8-5-6-12-10(7-8)9-3-1-2-4-11(9)15-12;13-7-1-3-11-9(5-7)10-6-8(14)2-4-12(10)15-11/h1-13H;1-7,14H;1-6H. The minimum atomic E-state index is 0.585. The van der Waals surface area contributed by atoms with Crippen LogP contribution in [0, 0.1) is 3.57 Å². The van der Waals surface area contributed by atoms with E-state index in [-0.39, 0.29) is 0 Å². The van der Waals surface area contributed by atoms with E-state index in [1.54, 1.807) is 6.07 Å². The van der Waals surface area contributed by atoms with Gasteiger partial charge in [-0.05, 0) is 143 Å². The van der Waals surface area contributed by atoms with Crippen molar-refractivity contribution in [3.8, 4) is 16.9 Å². The number of fused-ring (bicyclic) bond motifs is 12. The molecule has 0 aliphatic heterocycles. The van der Waals surface area contributed by atoms with Crippen LogP contribution in [-0.2, 0) is 0 Å². The molecule has 6 nitrogen and oxygen atoms in total. The molecule has 1 N–H and O–H groups in total. The summed E-state index contributed by atoms with van der Waals surface area (Å²) in [6, 6.07) is 52.6. The van der Waals surface area contributed by atoms with Crippen molar-refractivity contribution in [2.75, 3.05) is 0 Å². The lowest BCUT2D eigenvalue weighted by molar-refractivity contribution is 0.454. The van der Waals surface area contributed by atoms with Gasteiger partial charge in [0.25, 0.3) is 0 Å². The number of para-hydroxylation sites is 2. The van der Waals surface area contributed by atoms with Crippen LogP contribution in [-0.4, -0.2) is 12.7 Å². The van der Waals surface area contributed by atoms with Crippen LogP contribution in [0.3, 0.4) is 0 Å². The molecule has 0 saturated carbocycles. The van der Waals surface area contributed by atoms with E-state index < -0.39 is 0 Å². The fourth-order valence-corrected chi connectivity index (χ4v) is 8.61. The zero-order valence-electron chi connectivity index (χ0n) is 30.2. The molecule has 0 amide bonds. The maximum absolute atomic E-state index is 8.58. The molecule has 10 heteroatoms. The van der Waals surface area contributed by atoms with Gasteiger partial charge in [0, 0.05) is 55.6 Å². The van der Waals surface area contributed by atoms with E-state index in [0.717, 1.165) is 96.9 Å². The molecule has 0 bridgehead atoms. The van der Waals surface area contributed by atoms with Gasteiger partial charge in [0.1, 0.15) is 50.4 Å². The van der Waals surface area contributed by atoms with Gasteiger partial charge in [-0.1, -0.05) is 80.4 Å². The van der Waals surface area contributed by atoms with E-state index in [0.29, 0.717) is 13.4 Å². The molecule has 12 aromatic rings. The van der Waals surface area contributed by atoms with Crippen LogP contribution in [0.4, 0.5) is 0 Å². The van der Waals surface area contributed by atoms with Gasteiger partial charge in [0.2, 0.25) is 0 Å². The lowest BCUT2D eigenvalue weighted by Crippen LogP contribution is -1.98. The predicted octanol–water partition coefficient (Wildman–Crippen LogP) is 15.4. The molecule has 0 fully saturated rings. The summed E-state index contributed by atoms with van der Waals surface area (Å²) in [5.74, 6) is 0.585. The minimum absolute atomic E-state index is 0.585. The van der Waals surface area contributed by atoms with Gasteiger partial charge >= 0.3 is 7.69 Å². The van der Waals surface area contributed by atoms with Gasteiger partial charge in [0.15, 0.2) is 0 Å². The molecule has 0 aliphatic carbocycles. The highest BCUT2D eigenvalue weighted by Gasteiger charge is 2.12. The zero-order valence-corrected chi connectivity index (χ0v) is 35.5. The Hall–Kier alpha value is -5.53. The van der Waals surface area contributed by atoms with Gasteiger partial charge in [0.05, 0.1) is 0 Å². The van der Waals surface area contributed by atoms with Gasteiger partial charge in [-0.15, -0.1) is 0 Å². The Morgan fingerprint density at radius 2 is 0.776 bits per heavy atom. The highest BCUT2D eigenvalue weighted by Crippen LogP contribution is 2.37. The second-order valence-electron chi connectivity index (χ2n) is 13.6. The van der Waals surface area contributed by atoms with Gasteiger partial charge < -0.3 is 27.3 Å². The third kappa shape index (κ3) is 6.94. The number of benzene rings is 8. The molecular weight excluding hydrogens is 970 g/mol. The van der Waals surface area contributed by atoms with Crippen molar-refractivity contribution in [1.82, 2.24) is 0 Å². The number of rotatable bonds is 3. The lowest BCUT2D eigenvalue weighted by Gasteiger charge is -2.02. The summed E-state index contributed by atoms with van der Waals surface area (Å²) in [5.41, 5.74) is 9.53. The molecule has 0 unspecified atom stereocenters. The first-order valence-corrected chi connectivity index (χ1v) is 20.9. The Morgan fingerprint density at radius 1 is 0.397 bits per heavy atom. The normalized spacial score (nSPS) is 11.4. The molecule has 0 atom stereocenters. The van der Waals surface area contributed by atoms with Crippen LogP contribution in [0.2, 0.25) is 0 Å². The molecule has 0 saturated heterocycles. The Morgan fingerprint density at radius 3 is 1.29 bits per heavy atom. The summed E-state index contributed by atoms with van der Waals surface area (Å²) < 4.78 is 31.6. The van der Waals surface area contributed by atoms with Crippen LogP contribution < -0.4 is 4.65 Å². The van der Waals surface area contributed by atoms with Crippen LogP contribution in [0.5, 0.6) is 5.75 Å². The van der Waals surface area contributed by atoms with Crippen LogP contribution >= 0.6 is 54.5 Å². The van der Waals surface area contributed by atoms with Crippen molar-refractivity contribution in [3.05, 3.63) is 170 Å². The second-order valence-corrected chi connectivity index (χ2v) is 16.7. The summed E-state index contributed by atoms with van der Waals surface area (Å²) in [6.07, 6.45) is 0. The van der Waals surface area contributed by atoms with Crippen molar-refractivity contribution in [2.45, 2.75) is 0 Å². The lowest BCUT2D eigenvalue weighted by atomic mass is 10.0. The highest BCUT2D eigenvalue weighted by molar-refractivity contribution is 14.1. The van der Waals surface area contributed by atoms with Crippen LogP contribution in [0.1, 0.15) is 0 Å². The van der Waals surface area contributed by atoms with E-state index >= 15 is 0 Å². The first kappa shape index (κ1) is 36.8. The molecule has 0 aliphatic rings. The quantitative estimate of drug-likeness (QED) is 0.140. The van der Waals surface area contributed by atoms with E-state index in [4.69, 9.17) is 27.3 Å². The SMILES string of the molecule is Brc1ccc2oc3ccc(-c4ccc5oc6ccccc6c5c4)cc3c2c1.Brc1ccc2oc3ccc(I)cc3c2c1.O[B]Oc1ccc2oc3ccccc3c2c1. The summed E-state index contributed by atoms with van der Waals surface area (Å²) in [6.45, 7) is 0. The largest absolute Gasteiger partial charge is 0.569 e. The van der Waals surface area contributed by atoms with Crippen molar-refractivity contribution < 1.29 is 27.3 Å². The average Bonchev–Trinajstić information content (AvgIpc) is 4.01. The van der Waals surface area contributed by atoms with Crippen molar-refractivity contribution >= 4 is 150 Å². The number of furan rings is 4. The third-order valence-electron chi connectivity index (χ3n) is 10.1. The fourth-order valence-electron chi connectivity index (χ4n) is 7.40. The topological polar surface area (TPSA) is 82.0 Å². The Labute approximate surface area is 361 Å². The monoisotopic (exact) mass is 995 g/mol. The van der Waals surface area contributed by atoms with Crippen LogP contribution in [0.15, 0.2) is 184 Å². The molecule has 4 heterocycles. The molecule has 1 radical (unpaired) electrons. The molecule has 12 rings (SSSR count). The minimum Gasteiger partial charge on any atom is -0.537 e. The van der Waals surface area contributed by atoms with Gasteiger partial charge in [-0.2, -0.15) is 0 Å². The van der Waals surface area contributed by atoms with E-state index in [2.05, 4.69) is 121 Å². The summed E-state index contributed by atoms with van der Waals surface area (Å²) in [5, 5.41) is 17.5. The molecule has 58 heavy (non-hydrogen) atoms.